The van der Waals surface area contributed by atoms with Crippen LogP contribution in [-0.4, -0.2) is 4.57 Å². The van der Waals surface area contributed by atoms with Gasteiger partial charge in [0.05, 0.1) is 16.7 Å². The highest BCUT2D eigenvalue weighted by molar-refractivity contribution is 6.09. The Kier molecular flexibility index (Phi) is 6.84. The minimum atomic E-state index is 1.09. The Bertz CT molecular complexity index is 2510. The van der Waals surface area contributed by atoms with E-state index in [1.807, 2.05) is 0 Å². The van der Waals surface area contributed by atoms with Gasteiger partial charge in [-0.1, -0.05) is 140 Å². The van der Waals surface area contributed by atoms with E-state index in [1.54, 1.807) is 0 Å². The van der Waals surface area contributed by atoms with Crippen molar-refractivity contribution in [3.8, 4) is 27.9 Å². The van der Waals surface area contributed by atoms with Crippen molar-refractivity contribution in [2.45, 2.75) is 0 Å². The summed E-state index contributed by atoms with van der Waals surface area (Å²) >= 11 is 0. The standard InChI is InChI=1S/C46H32N2/c1-2-14-35(15-3-1)41-19-6-9-22-44(41)47(38-29-27-34(28-30-38)37-26-25-33-13-4-5-16-36(33)31-37)39-17-12-18-40(32-39)48-45-23-10-7-20-42(45)43-21-8-11-24-46(43)48/h1-32H. The van der Waals surface area contributed by atoms with E-state index >= 15 is 0 Å². The van der Waals surface area contributed by atoms with Crippen LogP contribution in [0.5, 0.6) is 0 Å². The fourth-order valence-electron chi connectivity index (χ4n) is 7.10. The molecule has 0 unspecified atom stereocenters. The second kappa shape index (κ2) is 11.8. The van der Waals surface area contributed by atoms with Crippen LogP contribution in [0.1, 0.15) is 0 Å². The van der Waals surface area contributed by atoms with Crippen molar-refractivity contribution < 1.29 is 0 Å². The summed E-state index contributed by atoms with van der Waals surface area (Å²) in [5, 5.41) is 5.02. The van der Waals surface area contributed by atoms with Crippen molar-refractivity contribution in [1.82, 2.24) is 4.57 Å². The highest BCUT2D eigenvalue weighted by Crippen LogP contribution is 2.42. The Labute approximate surface area is 280 Å². The van der Waals surface area contributed by atoms with Gasteiger partial charge in [0.1, 0.15) is 0 Å². The van der Waals surface area contributed by atoms with Crippen LogP contribution in [-0.2, 0) is 0 Å². The predicted octanol–water partition coefficient (Wildman–Crippen LogP) is 12.7. The number of fused-ring (bicyclic) bond motifs is 4. The van der Waals surface area contributed by atoms with E-state index in [0.29, 0.717) is 0 Å². The zero-order valence-corrected chi connectivity index (χ0v) is 26.4. The average Bonchev–Trinajstić information content (AvgIpc) is 3.50. The average molecular weight is 613 g/mol. The quantitative estimate of drug-likeness (QED) is 0.181. The van der Waals surface area contributed by atoms with Gasteiger partial charge in [-0.05, 0) is 82.1 Å². The molecule has 226 valence electrons. The smallest absolute Gasteiger partial charge is 0.0541 e. The zero-order valence-electron chi connectivity index (χ0n) is 26.4. The normalized spacial score (nSPS) is 11.3. The minimum Gasteiger partial charge on any atom is -0.310 e. The Hall–Kier alpha value is -6.38. The molecule has 0 N–H and O–H groups in total. The Morgan fingerprint density at radius 2 is 0.979 bits per heavy atom. The van der Waals surface area contributed by atoms with E-state index < -0.39 is 0 Å². The van der Waals surface area contributed by atoms with Crippen LogP contribution in [0.2, 0.25) is 0 Å². The first-order chi connectivity index (χ1) is 23.8. The lowest BCUT2D eigenvalue weighted by Gasteiger charge is -2.28. The molecule has 9 rings (SSSR count). The molecular weight excluding hydrogens is 581 g/mol. The van der Waals surface area contributed by atoms with E-state index in [2.05, 4.69) is 204 Å². The van der Waals surface area contributed by atoms with E-state index in [1.165, 1.54) is 54.8 Å². The summed E-state index contributed by atoms with van der Waals surface area (Å²) < 4.78 is 2.39. The molecule has 0 saturated carbocycles. The highest BCUT2D eigenvalue weighted by Gasteiger charge is 2.19. The third-order valence-corrected chi connectivity index (χ3v) is 9.36. The molecule has 2 heteroatoms. The molecule has 2 nitrogen and oxygen atoms in total. The van der Waals surface area contributed by atoms with E-state index in [9.17, 15) is 0 Å². The van der Waals surface area contributed by atoms with Crippen LogP contribution >= 0.6 is 0 Å². The highest BCUT2D eigenvalue weighted by atomic mass is 15.1. The topological polar surface area (TPSA) is 8.17 Å². The molecule has 0 aliphatic carbocycles. The van der Waals surface area contributed by atoms with Crippen LogP contribution < -0.4 is 4.90 Å². The fraction of sp³-hybridized carbons (Fsp3) is 0. The van der Waals surface area contributed by atoms with Crippen LogP contribution in [0.4, 0.5) is 17.1 Å². The largest absolute Gasteiger partial charge is 0.310 e. The molecular formula is C46H32N2. The third kappa shape index (κ3) is 4.83. The Morgan fingerprint density at radius 1 is 0.354 bits per heavy atom. The van der Waals surface area contributed by atoms with Gasteiger partial charge in [-0.15, -0.1) is 0 Å². The molecule has 48 heavy (non-hydrogen) atoms. The molecule has 0 fully saturated rings. The number of nitrogens with zero attached hydrogens (tertiary/aromatic N) is 2. The first-order valence-electron chi connectivity index (χ1n) is 16.4. The van der Waals surface area contributed by atoms with Crippen molar-refractivity contribution in [3.63, 3.8) is 0 Å². The second-order valence-electron chi connectivity index (χ2n) is 12.2. The van der Waals surface area contributed by atoms with Gasteiger partial charge >= 0.3 is 0 Å². The van der Waals surface area contributed by atoms with Gasteiger partial charge in [-0.25, -0.2) is 0 Å². The van der Waals surface area contributed by atoms with Crippen molar-refractivity contribution in [3.05, 3.63) is 194 Å². The molecule has 8 aromatic carbocycles. The monoisotopic (exact) mass is 612 g/mol. The summed E-state index contributed by atoms with van der Waals surface area (Å²) in [7, 11) is 0. The van der Waals surface area contributed by atoms with Crippen LogP contribution in [0, 0.1) is 0 Å². The van der Waals surface area contributed by atoms with E-state index in [0.717, 1.165) is 22.7 Å². The van der Waals surface area contributed by atoms with Gasteiger partial charge in [0.15, 0.2) is 0 Å². The number of aromatic nitrogens is 1. The van der Waals surface area contributed by atoms with Gasteiger partial charge < -0.3 is 9.47 Å². The molecule has 0 spiro atoms. The maximum Gasteiger partial charge on any atom is 0.0541 e. The van der Waals surface area contributed by atoms with E-state index in [-0.39, 0.29) is 0 Å². The molecule has 1 heterocycles. The van der Waals surface area contributed by atoms with Crippen molar-refractivity contribution in [2.75, 3.05) is 4.90 Å². The number of para-hydroxylation sites is 3. The number of benzene rings is 8. The lowest BCUT2D eigenvalue weighted by molar-refractivity contribution is 1.17. The maximum absolute atomic E-state index is 2.39. The van der Waals surface area contributed by atoms with Crippen molar-refractivity contribution in [2.24, 2.45) is 0 Å². The Morgan fingerprint density at radius 3 is 1.75 bits per heavy atom. The summed E-state index contributed by atoms with van der Waals surface area (Å²) in [5.41, 5.74) is 11.6. The van der Waals surface area contributed by atoms with Crippen molar-refractivity contribution >= 4 is 49.6 Å². The summed E-state index contributed by atoms with van der Waals surface area (Å²) in [6, 6.07) is 69.9. The van der Waals surface area contributed by atoms with Crippen LogP contribution in [0.25, 0.3) is 60.5 Å². The molecule has 9 aromatic rings. The molecule has 0 saturated heterocycles. The van der Waals surface area contributed by atoms with Gasteiger partial charge in [-0.2, -0.15) is 0 Å². The summed E-state index contributed by atoms with van der Waals surface area (Å²) in [4.78, 5) is 2.39. The maximum atomic E-state index is 2.39. The lowest BCUT2D eigenvalue weighted by Crippen LogP contribution is -2.11. The lowest BCUT2D eigenvalue weighted by atomic mass is 10.00. The number of rotatable bonds is 6. The first-order valence-corrected chi connectivity index (χ1v) is 16.4. The van der Waals surface area contributed by atoms with Gasteiger partial charge in [0.25, 0.3) is 0 Å². The molecule has 0 aliphatic rings. The summed E-state index contributed by atoms with van der Waals surface area (Å²) in [5.74, 6) is 0. The number of hydrogen-bond acceptors (Lipinski definition) is 1. The fourth-order valence-corrected chi connectivity index (χ4v) is 7.10. The molecule has 0 amide bonds. The Balaban J connectivity index is 1.22. The minimum absolute atomic E-state index is 1.09. The summed E-state index contributed by atoms with van der Waals surface area (Å²) in [6.07, 6.45) is 0. The van der Waals surface area contributed by atoms with Crippen molar-refractivity contribution in [1.29, 1.82) is 0 Å². The molecule has 0 aliphatic heterocycles. The first kappa shape index (κ1) is 27.9. The molecule has 0 bridgehead atoms. The van der Waals surface area contributed by atoms with Gasteiger partial charge in [0, 0.05) is 33.4 Å². The predicted molar refractivity (Wildman–Crippen MR) is 204 cm³/mol. The third-order valence-electron chi connectivity index (χ3n) is 9.36. The second-order valence-corrected chi connectivity index (χ2v) is 12.2. The van der Waals surface area contributed by atoms with Gasteiger partial charge in [-0.3, -0.25) is 0 Å². The van der Waals surface area contributed by atoms with Crippen LogP contribution in [0.15, 0.2) is 194 Å². The van der Waals surface area contributed by atoms with Gasteiger partial charge in [0.2, 0.25) is 0 Å². The van der Waals surface area contributed by atoms with Crippen LogP contribution in [0.3, 0.4) is 0 Å². The zero-order chi connectivity index (χ0) is 31.9. The number of anilines is 3. The molecule has 1 aromatic heterocycles. The van der Waals surface area contributed by atoms with E-state index in [4.69, 9.17) is 0 Å². The summed E-state index contributed by atoms with van der Waals surface area (Å²) in [6.45, 7) is 0. The SMILES string of the molecule is c1ccc(-c2ccccc2N(c2ccc(-c3ccc4ccccc4c3)cc2)c2cccc(-n3c4ccccc4c4ccccc43)c2)cc1. The molecule has 0 radical (unpaired) electrons. The number of hydrogen-bond donors (Lipinski definition) is 0. The molecule has 0 atom stereocenters.